The summed E-state index contributed by atoms with van der Waals surface area (Å²) >= 11 is 0. The van der Waals surface area contributed by atoms with Crippen LogP contribution >= 0.6 is 0 Å². The molecule has 0 spiro atoms. The van der Waals surface area contributed by atoms with Gasteiger partial charge in [0.25, 0.3) is 0 Å². The Balaban J connectivity index is 1.56. The fourth-order valence-corrected chi connectivity index (χ4v) is 3.56. The first-order valence-corrected chi connectivity index (χ1v) is 9.71. The van der Waals surface area contributed by atoms with E-state index < -0.39 is 0 Å². The molecule has 152 valence electrons. The molecule has 1 aromatic carbocycles. The highest BCUT2D eigenvalue weighted by Gasteiger charge is 2.25. The van der Waals surface area contributed by atoms with Gasteiger partial charge in [-0.2, -0.15) is 0 Å². The van der Waals surface area contributed by atoms with Crippen LogP contribution in [-0.4, -0.2) is 51.2 Å². The quantitative estimate of drug-likeness (QED) is 0.537. The summed E-state index contributed by atoms with van der Waals surface area (Å²) in [4.78, 5) is 6.75. The first kappa shape index (κ1) is 20.4. The predicted octanol–water partition coefficient (Wildman–Crippen LogP) is 3.11. The molecular weight excluding hydrogens is 359 g/mol. The Morgan fingerprint density at radius 2 is 1.89 bits per heavy atom. The van der Waals surface area contributed by atoms with E-state index >= 15 is 0 Å². The SMILES string of the molecule is CN=C(NCC(OC)c1ccc(F)cc1)NCC(c1ccco1)N1CCCC1. The number of hydrogen-bond acceptors (Lipinski definition) is 4. The van der Waals surface area contributed by atoms with Crippen molar-refractivity contribution in [3.63, 3.8) is 0 Å². The number of furan rings is 1. The lowest BCUT2D eigenvalue weighted by Gasteiger charge is -2.27. The van der Waals surface area contributed by atoms with Gasteiger partial charge in [-0.1, -0.05) is 12.1 Å². The number of rotatable bonds is 8. The van der Waals surface area contributed by atoms with Crippen LogP contribution in [0, 0.1) is 5.82 Å². The molecule has 0 aliphatic carbocycles. The summed E-state index contributed by atoms with van der Waals surface area (Å²) < 4.78 is 24.4. The standard InChI is InChI=1S/C21H29FN4O2/c1-23-21(25-15-20(27-2)16-7-9-17(22)10-8-16)24-14-18(19-6-5-13-28-19)26-11-3-4-12-26/h5-10,13,18,20H,3-4,11-12,14-15H2,1-2H3,(H2,23,24,25). The maximum Gasteiger partial charge on any atom is 0.191 e. The summed E-state index contributed by atoms with van der Waals surface area (Å²) in [6, 6.07) is 10.5. The summed E-state index contributed by atoms with van der Waals surface area (Å²) in [5.41, 5.74) is 0.914. The van der Waals surface area contributed by atoms with Crippen molar-refractivity contribution in [2.45, 2.75) is 25.0 Å². The lowest BCUT2D eigenvalue weighted by Crippen LogP contribution is -2.43. The van der Waals surface area contributed by atoms with E-state index in [0.29, 0.717) is 19.0 Å². The minimum Gasteiger partial charge on any atom is -0.468 e. The lowest BCUT2D eigenvalue weighted by molar-refractivity contribution is 0.106. The van der Waals surface area contributed by atoms with Crippen molar-refractivity contribution in [3.8, 4) is 0 Å². The molecule has 2 aromatic rings. The first-order chi connectivity index (χ1) is 13.7. The number of nitrogens with zero attached hydrogens (tertiary/aromatic N) is 2. The number of likely N-dealkylation sites (tertiary alicyclic amines) is 1. The van der Waals surface area contributed by atoms with Gasteiger partial charge in [-0.15, -0.1) is 0 Å². The Hall–Kier alpha value is -2.38. The molecule has 0 radical (unpaired) electrons. The molecule has 0 saturated carbocycles. The van der Waals surface area contributed by atoms with Crippen molar-refractivity contribution < 1.29 is 13.5 Å². The van der Waals surface area contributed by atoms with Gasteiger partial charge in [0.15, 0.2) is 5.96 Å². The first-order valence-electron chi connectivity index (χ1n) is 9.71. The van der Waals surface area contributed by atoms with Gasteiger partial charge in [-0.05, 0) is 55.8 Å². The molecule has 2 N–H and O–H groups in total. The Morgan fingerprint density at radius 3 is 2.50 bits per heavy atom. The molecule has 1 fully saturated rings. The number of nitrogens with one attached hydrogen (secondary N) is 2. The molecule has 6 nitrogen and oxygen atoms in total. The minimum atomic E-state index is -0.255. The Kier molecular flexibility index (Phi) is 7.45. The van der Waals surface area contributed by atoms with Gasteiger partial charge in [0.2, 0.25) is 0 Å². The summed E-state index contributed by atoms with van der Waals surface area (Å²) in [7, 11) is 3.39. The van der Waals surface area contributed by atoms with Gasteiger partial charge in [0.05, 0.1) is 18.4 Å². The fourth-order valence-electron chi connectivity index (χ4n) is 3.56. The normalized spacial score (nSPS) is 17.5. The second kappa shape index (κ2) is 10.2. The molecule has 2 unspecified atom stereocenters. The van der Waals surface area contributed by atoms with Crippen molar-refractivity contribution in [2.24, 2.45) is 4.99 Å². The van der Waals surface area contributed by atoms with Gasteiger partial charge in [-0.25, -0.2) is 4.39 Å². The van der Waals surface area contributed by atoms with Crippen molar-refractivity contribution in [1.82, 2.24) is 15.5 Å². The van der Waals surface area contributed by atoms with Crippen LogP contribution in [0.2, 0.25) is 0 Å². The summed E-state index contributed by atoms with van der Waals surface area (Å²) in [5, 5.41) is 6.69. The highest BCUT2D eigenvalue weighted by atomic mass is 19.1. The van der Waals surface area contributed by atoms with Crippen LogP contribution in [0.1, 0.15) is 36.3 Å². The molecule has 7 heteroatoms. The zero-order chi connectivity index (χ0) is 19.8. The Morgan fingerprint density at radius 1 is 1.18 bits per heavy atom. The minimum absolute atomic E-state index is 0.173. The zero-order valence-corrected chi connectivity index (χ0v) is 16.5. The molecular formula is C21H29FN4O2. The third kappa shape index (κ3) is 5.33. The van der Waals surface area contributed by atoms with E-state index in [9.17, 15) is 4.39 Å². The molecule has 28 heavy (non-hydrogen) atoms. The number of ether oxygens (including phenoxy) is 1. The zero-order valence-electron chi connectivity index (χ0n) is 16.5. The summed E-state index contributed by atoms with van der Waals surface area (Å²) in [5.74, 6) is 1.40. The smallest absolute Gasteiger partial charge is 0.191 e. The highest BCUT2D eigenvalue weighted by Crippen LogP contribution is 2.24. The summed E-state index contributed by atoms with van der Waals surface area (Å²) in [6.07, 6.45) is 3.96. The van der Waals surface area contributed by atoms with Gasteiger partial charge >= 0.3 is 0 Å². The lowest BCUT2D eigenvalue weighted by atomic mass is 10.1. The van der Waals surface area contributed by atoms with E-state index in [-0.39, 0.29) is 18.0 Å². The van der Waals surface area contributed by atoms with Crippen molar-refractivity contribution >= 4 is 5.96 Å². The van der Waals surface area contributed by atoms with Crippen LogP contribution in [0.15, 0.2) is 52.1 Å². The van der Waals surface area contributed by atoms with E-state index in [1.807, 2.05) is 12.1 Å². The molecule has 2 atom stereocenters. The van der Waals surface area contributed by atoms with Gasteiger partial charge < -0.3 is 19.8 Å². The molecule has 2 heterocycles. The number of guanidine groups is 1. The largest absolute Gasteiger partial charge is 0.468 e. The molecule has 1 aliphatic heterocycles. The molecule has 1 aromatic heterocycles. The molecule has 0 amide bonds. The Labute approximate surface area is 165 Å². The number of hydrogen-bond donors (Lipinski definition) is 2. The van der Waals surface area contributed by atoms with E-state index in [1.54, 1.807) is 32.6 Å². The van der Waals surface area contributed by atoms with E-state index in [2.05, 4.69) is 20.5 Å². The highest BCUT2D eigenvalue weighted by molar-refractivity contribution is 5.79. The summed E-state index contributed by atoms with van der Waals surface area (Å²) in [6.45, 7) is 3.38. The van der Waals surface area contributed by atoms with E-state index in [4.69, 9.17) is 9.15 Å². The molecule has 1 aliphatic rings. The third-order valence-electron chi connectivity index (χ3n) is 5.12. The fraction of sp³-hybridized carbons (Fsp3) is 0.476. The predicted molar refractivity (Wildman–Crippen MR) is 108 cm³/mol. The third-order valence-corrected chi connectivity index (χ3v) is 5.12. The van der Waals surface area contributed by atoms with Crippen LogP contribution in [0.25, 0.3) is 0 Å². The monoisotopic (exact) mass is 388 g/mol. The van der Waals surface area contributed by atoms with Crippen LogP contribution in [0.3, 0.4) is 0 Å². The average Bonchev–Trinajstić information content (AvgIpc) is 3.43. The van der Waals surface area contributed by atoms with Crippen molar-refractivity contribution in [3.05, 3.63) is 59.8 Å². The number of aliphatic imine (C=N–C) groups is 1. The second-order valence-corrected chi connectivity index (χ2v) is 6.88. The van der Waals surface area contributed by atoms with E-state index in [1.165, 1.54) is 25.0 Å². The molecule has 0 bridgehead atoms. The van der Waals surface area contributed by atoms with E-state index in [0.717, 1.165) is 24.4 Å². The maximum absolute atomic E-state index is 13.1. The number of halogens is 1. The van der Waals surface area contributed by atoms with Crippen molar-refractivity contribution in [2.75, 3.05) is 40.3 Å². The van der Waals surface area contributed by atoms with Crippen LogP contribution in [0.4, 0.5) is 4.39 Å². The van der Waals surface area contributed by atoms with Crippen LogP contribution in [-0.2, 0) is 4.74 Å². The van der Waals surface area contributed by atoms with Crippen LogP contribution < -0.4 is 10.6 Å². The second-order valence-electron chi connectivity index (χ2n) is 6.88. The van der Waals surface area contributed by atoms with Gasteiger partial charge in [0.1, 0.15) is 11.6 Å². The van der Waals surface area contributed by atoms with Crippen molar-refractivity contribution in [1.29, 1.82) is 0 Å². The van der Waals surface area contributed by atoms with Crippen LogP contribution in [0.5, 0.6) is 0 Å². The van der Waals surface area contributed by atoms with Gasteiger partial charge in [0, 0.05) is 27.2 Å². The average molecular weight is 388 g/mol. The molecule has 1 saturated heterocycles. The number of methoxy groups -OCH3 is 1. The van der Waals surface area contributed by atoms with Gasteiger partial charge in [-0.3, -0.25) is 9.89 Å². The number of benzene rings is 1. The topological polar surface area (TPSA) is 62.0 Å². The Bertz CT molecular complexity index is 727. The molecule has 3 rings (SSSR count). The maximum atomic E-state index is 13.1.